The summed E-state index contributed by atoms with van der Waals surface area (Å²) in [7, 11) is 2.12. The largest absolute Gasteiger partial charge is 0.490 e. The molecule has 6 heteroatoms. The first-order valence-corrected chi connectivity index (χ1v) is 10.4. The number of piperidine rings is 1. The van der Waals surface area contributed by atoms with Crippen LogP contribution < -0.4 is 15.7 Å². The number of likely N-dealkylation sites (tertiary alicyclic amines) is 1. The van der Waals surface area contributed by atoms with Crippen molar-refractivity contribution in [1.29, 1.82) is 0 Å². The van der Waals surface area contributed by atoms with Gasteiger partial charge in [-0.2, -0.15) is 0 Å². The fourth-order valence-electron chi connectivity index (χ4n) is 3.91. The highest BCUT2D eigenvalue weighted by molar-refractivity contribution is 6.04. The van der Waals surface area contributed by atoms with E-state index in [1.807, 2.05) is 18.2 Å². The van der Waals surface area contributed by atoms with Crippen LogP contribution in [0.5, 0.6) is 5.75 Å². The van der Waals surface area contributed by atoms with Crippen LogP contribution in [-0.4, -0.2) is 37.0 Å². The van der Waals surface area contributed by atoms with Crippen molar-refractivity contribution in [2.24, 2.45) is 0 Å². The van der Waals surface area contributed by atoms with Crippen molar-refractivity contribution in [2.45, 2.75) is 51.0 Å². The van der Waals surface area contributed by atoms with Gasteiger partial charge in [0.25, 0.3) is 5.91 Å². The number of carbonyl (C=O) groups excluding carboxylic acids is 1. The van der Waals surface area contributed by atoms with Gasteiger partial charge in [-0.3, -0.25) is 4.79 Å². The molecule has 2 aliphatic rings. The molecular weight excluding hydrogens is 368 g/mol. The van der Waals surface area contributed by atoms with Gasteiger partial charge >= 0.3 is 5.63 Å². The Morgan fingerprint density at radius 1 is 1.14 bits per heavy atom. The molecule has 1 saturated carbocycles. The number of nitrogens with zero attached hydrogens (tertiary/aromatic N) is 1. The third-order valence-electron chi connectivity index (χ3n) is 5.98. The molecule has 0 atom stereocenters. The first-order valence-electron chi connectivity index (χ1n) is 10.4. The minimum Gasteiger partial charge on any atom is -0.490 e. The van der Waals surface area contributed by atoms with Crippen LogP contribution in [0.1, 0.15) is 59.7 Å². The van der Waals surface area contributed by atoms with E-state index in [-0.39, 0.29) is 11.7 Å². The van der Waals surface area contributed by atoms with E-state index in [2.05, 4.69) is 17.3 Å². The number of ether oxygens (including phenoxy) is 1. The molecule has 4 rings (SSSR count). The summed E-state index contributed by atoms with van der Waals surface area (Å²) in [6, 6.07) is 9.12. The van der Waals surface area contributed by atoms with Crippen LogP contribution in [0.4, 0.5) is 5.69 Å². The fraction of sp³-hybridized carbons (Fsp3) is 0.478. The minimum absolute atomic E-state index is 0.0692. The Morgan fingerprint density at radius 3 is 2.41 bits per heavy atom. The maximum Gasteiger partial charge on any atom is 0.349 e. The van der Waals surface area contributed by atoms with Crippen LogP contribution >= 0.6 is 0 Å². The molecule has 1 aliphatic heterocycles. The van der Waals surface area contributed by atoms with Crippen LogP contribution in [0.25, 0.3) is 0 Å². The lowest BCUT2D eigenvalue weighted by Crippen LogP contribution is -2.35. The number of aryl methyl sites for hydroxylation is 1. The van der Waals surface area contributed by atoms with Crippen LogP contribution in [-0.2, 0) is 0 Å². The van der Waals surface area contributed by atoms with Crippen molar-refractivity contribution in [3.05, 3.63) is 57.6 Å². The van der Waals surface area contributed by atoms with E-state index in [0.717, 1.165) is 50.9 Å². The molecule has 154 valence electrons. The molecule has 1 amide bonds. The highest BCUT2D eigenvalue weighted by Gasteiger charge is 2.25. The highest BCUT2D eigenvalue weighted by Crippen LogP contribution is 2.36. The summed E-state index contributed by atoms with van der Waals surface area (Å²) >= 11 is 0. The zero-order valence-corrected chi connectivity index (χ0v) is 17.1. The maximum absolute atomic E-state index is 12.6. The Bertz CT molecular complexity index is 923. The second-order valence-electron chi connectivity index (χ2n) is 8.22. The van der Waals surface area contributed by atoms with Gasteiger partial charge in [0.2, 0.25) is 0 Å². The molecule has 0 spiro atoms. The van der Waals surface area contributed by atoms with E-state index < -0.39 is 11.5 Å². The van der Waals surface area contributed by atoms with Crippen molar-refractivity contribution in [1.82, 2.24) is 4.90 Å². The molecule has 0 bridgehead atoms. The predicted octanol–water partition coefficient (Wildman–Crippen LogP) is 3.94. The molecule has 6 nitrogen and oxygen atoms in total. The van der Waals surface area contributed by atoms with Gasteiger partial charge in [-0.15, -0.1) is 0 Å². The molecule has 2 fully saturated rings. The molecule has 1 N–H and O–H groups in total. The lowest BCUT2D eigenvalue weighted by molar-refractivity contribution is 0.102. The Labute approximate surface area is 170 Å². The topological polar surface area (TPSA) is 71.8 Å². The van der Waals surface area contributed by atoms with Crippen LogP contribution in [0.2, 0.25) is 0 Å². The standard InChI is InChI=1S/C23H28N2O4/c1-15-14-20(16-4-3-5-16)29-23(27)21(15)22(26)24-17-6-8-18(9-7-17)28-19-10-12-25(2)13-11-19/h6-9,14,16,19H,3-5,10-13H2,1-2H3,(H,24,26). The number of anilines is 1. The maximum atomic E-state index is 12.6. The van der Waals surface area contributed by atoms with Gasteiger partial charge in [0.05, 0.1) is 0 Å². The average molecular weight is 396 g/mol. The van der Waals surface area contributed by atoms with Gasteiger partial charge in [-0.05, 0) is 75.5 Å². The van der Waals surface area contributed by atoms with Crippen molar-refractivity contribution < 1.29 is 13.9 Å². The fourth-order valence-corrected chi connectivity index (χ4v) is 3.91. The number of amides is 1. The molecule has 1 aromatic heterocycles. The Kier molecular flexibility index (Phi) is 5.72. The minimum atomic E-state index is -0.563. The van der Waals surface area contributed by atoms with E-state index >= 15 is 0 Å². The van der Waals surface area contributed by atoms with Gasteiger partial charge in [0.1, 0.15) is 23.2 Å². The normalized spacial score (nSPS) is 18.3. The van der Waals surface area contributed by atoms with E-state index in [4.69, 9.17) is 9.15 Å². The van der Waals surface area contributed by atoms with Gasteiger partial charge in [0.15, 0.2) is 0 Å². The Hall–Kier alpha value is -2.60. The summed E-state index contributed by atoms with van der Waals surface area (Å²) < 4.78 is 11.5. The highest BCUT2D eigenvalue weighted by atomic mass is 16.5. The smallest absolute Gasteiger partial charge is 0.349 e. The number of benzene rings is 1. The SMILES string of the molecule is Cc1cc(C2CCC2)oc(=O)c1C(=O)Nc1ccc(OC2CCN(C)CC2)cc1. The van der Waals surface area contributed by atoms with E-state index in [1.54, 1.807) is 19.1 Å². The second kappa shape index (κ2) is 8.41. The summed E-state index contributed by atoms with van der Waals surface area (Å²) in [5.74, 6) is 1.36. The van der Waals surface area contributed by atoms with E-state index in [0.29, 0.717) is 22.9 Å². The first kappa shape index (κ1) is 19.7. The molecule has 1 aromatic carbocycles. The van der Waals surface area contributed by atoms with Crippen LogP contribution in [0, 0.1) is 6.92 Å². The van der Waals surface area contributed by atoms with Gasteiger partial charge < -0.3 is 19.4 Å². The number of rotatable bonds is 5. The third kappa shape index (κ3) is 4.53. The zero-order chi connectivity index (χ0) is 20.4. The van der Waals surface area contributed by atoms with E-state index in [1.165, 1.54) is 0 Å². The number of hydrogen-bond donors (Lipinski definition) is 1. The molecule has 0 radical (unpaired) electrons. The van der Waals surface area contributed by atoms with Crippen molar-refractivity contribution in [3.63, 3.8) is 0 Å². The third-order valence-corrected chi connectivity index (χ3v) is 5.98. The first-order chi connectivity index (χ1) is 14.0. The zero-order valence-electron chi connectivity index (χ0n) is 17.1. The summed E-state index contributed by atoms with van der Waals surface area (Å²) in [6.45, 7) is 3.87. The summed E-state index contributed by atoms with van der Waals surface area (Å²) in [6.07, 6.45) is 5.50. The lowest BCUT2D eigenvalue weighted by atomic mass is 9.83. The molecule has 1 aliphatic carbocycles. The van der Waals surface area contributed by atoms with Crippen molar-refractivity contribution in [2.75, 3.05) is 25.5 Å². The predicted molar refractivity (Wildman–Crippen MR) is 112 cm³/mol. The average Bonchev–Trinajstić information content (AvgIpc) is 2.63. The quantitative estimate of drug-likeness (QED) is 0.829. The Balaban J connectivity index is 1.40. The molecule has 2 heterocycles. The monoisotopic (exact) mass is 396 g/mol. The molecule has 1 saturated heterocycles. The summed E-state index contributed by atoms with van der Waals surface area (Å²) in [4.78, 5) is 27.3. The van der Waals surface area contributed by atoms with Gasteiger partial charge in [-0.25, -0.2) is 4.79 Å². The second-order valence-corrected chi connectivity index (χ2v) is 8.22. The van der Waals surface area contributed by atoms with Crippen LogP contribution in [0.3, 0.4) is 0 Å². The van der Waals surface area contributed by atoms with E-state index in [9.17, 15) is 9.59 Å². The van der Waals surface area contributed by atoms with Gasteiger partial charge in [-0.1, -0.05) is 6.42 Å². The van der Waals surface area contributed by atoms with Crippen molar-refractivity contribution >= 4 is 11.6 Å². The molecule has 0 unspecified atom stereocenters. The molecule has 29 heavy (non-hydrogen) atoms. The summed E-state index contributed by atoms with van der Waals surface area (Å²) in [5.41, 5.74) is 0.779. The van der Waals surface area contributed by atoms with Crippen LogP contribution in [0.15, 0.2) is 39.5 Å². The number of nitrogens with one attached hydrogen (secondary N) is 1. The number of hydrogen-bond acceptors (Lipinski definition) is 5. The molecular formula is C23H28N2O4. The van der Waals surface area contributed by atoms with Gasteiger partial charge in [0, 0.05) is 24.7 Å². The summed E-state index contributed by atoms with van der Waals surface area (Å²) in [5, 5.41) is 2.79. The lowest BCUT2D eigenvalue weighted by Gasteiger charge is -2.29. The number of carbonyl (C=O) groups is 1. The molecule has 2 aromatic rings. The Morgan fingerprint density at radius 2 is 1.83 bits per heavy atom. The van der Waals surface area contributed by atoms with Crippen molar-refractivity contribution in [3.8, 4) is 5.75 Å².